The van der Waals surface area contributed by atoms with E-state index in [9.17, 15) is 0 Å². The largest absolute Gasteiger partial charge is 0.508 e. The summed E-state index contributed by atoms with van der Waals surface area (Å²) < 4.78 is 94.8. The van der Waals surface area contributed by atoms with E-state index in [0.717, 1.165) is 16.4 Å². The second-order valence-corrected chi connectivity index (χ2v) is 12.0. The van der Waals surface area contributed by atoms with Crippen molar-refractivity contribution in [3.05, 3.63) is 195 Å². The maximum atomic E-state index is 8.96. The van der Waals surface area contributed by atoms with Gasteiger partial charge in [-0.3, -0.25) is 0 Å². The van der Waals surface area contributed by atoms with Crippen LogP contribution in [-0.2, 0) is 21.1 Å². The predicted molar refractivity (Wildman–Crippen MR) is 213 cm³/mol. The number of anilines is 4. The molecule has 3 aromatic heterocycles. The minimum Gasteiger partial charge on any atom is -0.508 e. The Kier molecular flexibility index (Phi) is 6.27. The first-order chi connectivity index (χ1) is 30.4. The number of aromatic nitrogens is 3. The molecule has 1 aliphatic heterocycles. The summed E-state index contributed by atoms with van der Waals surface area (Å²) in [6.45, 7) is 1.72. The average molecular weight is 886 g/mol. The van der Waals surface area contributed by atoms with Crippen molar-refractivity contribution >= 4 is 44.7 Å². The van der Waals surface area contributed by atoms with E-state index in [1.165, 1.54) is 0 Å². The first-order valence-corrected chi connectivity index (χ1v) is 16.7. The Morgan fingerprint density at radius 2 is 1.28 bits per heavy atom. The molecule has 10 rings (SSSR count). The fourth-order valence-electron chi connectivity index (χ4n) is 6.73. The summed E-state index contributed by atoms with van der Waals surface area (Å²) in [4.78, 5) is 12.9. The molecule has 6 aromatic carbocycles. The van der Waals surface area contributed by atoms with Crippen LogP contribution in [0.15, 0.2) is 176 Å². The molecule has 0 unspecified atom stereocenters. The van der Waals surface area contributed by atoms with Crippen molar-refractivity contribution in [3.63, 3.8) is 0 Å². The zero-order chi connectivity index (χ0) is 43.8. The summed E-state index contributed by atoms with van der Waals surface area (Å²) in [6.07, 6.45) is 3.33. The maximum Gasteiger partial charge on any atom is 0.135 e. The molecule has 0 radical (unpaired) electrons. The smallest absolute Gasteiger partial charge is 0.135 e. The van der Waals surface area contributed by atoms with Crippen LogP contribution in [0.2, 0.25) is 0 Å². The molecule has 262 valence electrons. The van der Waals surface area contributed by atoms with Crippen LogP contribution >= 0.6 is 0 Å². The summed E-state index contributed by atoms with van der Waals surface area (Å²) in [5, 5.41) is 0.935. The number of hydrogen-bond acceptors (Lipinski definition) is 5. The van der Waals surface area contributed by atoms with Crippen LogP contribution < -0.4 is 14.5 Å². The van der Waals surface area contributed by atoms with Gasteiger partial charge in [0.2, 0.25) is 0 Å². The third-order valence-electron chi connectivity index (χ3n) is 8.96. The maximum absolute atomic E-state index is 8.96. The Morgan fingerprint density at radius 3 is 2.00 bits per heavy atom. The normalized spacial score (nSPS) is 14.7. The summed E-state index contributed by atoms with van der Waals surface area (Å²) in [5.74, 6) is 1.37. The van der Waals surface area contributed by atoms with Gasteiger partial charge in [-0.1, -0.05) is 115 Å². The number of fused-ring (bicyclic) bond motifs is 4. The second-order valence-electron chi connectivity index (χ2n) is 12.0. The standard InChI is InChI=1S/C47H30N5O.Pt/c1-3-15-33(16-4-1)38-22-14-23-39(34-17-5-2-6-18-34)47(38)51-32-50(42-25-9-10-26-43(42)51)35-19-13-20-36(29-35)53-37-30-44-46(49-31-37)40-21-7-8-24-41(40)52(44)45-27-11-12-28-48-45;/h1-28,31-32H;/q-3;/i1D,2D,3D,4D,5D,6D,15D,16D,17D,18D;. The number of ether oxygens (including phenoxy) is 1. The molecule has 0 saturated heterocycles. The molecule has 54 heavy (non-hydrogen) atoms. The van der Waals surface area contributed by atoms with Crippen molar-refractivity contribution in [2.24, 2.45) is 0 Å². The van der Waals surface area contributed by atoms with Crippen LogP contribution in [0, 0.1) is 18.8 Å². The molecule has 0 saturated carbocycles. The Hall–Kier alpha value is -6.49. The molecule has 0 aliphatic carbocycles. The van der Waals surface area contributed by atoms with Gasteiger partial charge >= 0.3 is 0 Å². The summed E-state index contributed by atoms with van der Waals surface area (Å²) in [5.41, 5.74) is 4.40. The van der Waals surface area contributed by atoms with Crippen LogP contribution in [0.5, 0.6) is 11.5 Å². The number of pyridine rings is 2. The number of benzene rings is 6. The van der Waals surface area contributed by atoms with Crippen molar-refractivity contribution in [3.8, 4) is 39.6 Å². The van der Waals surface area contributed by atoms with Crippen molar-refractivity contribution in [1.29, 1.82) is 0 Å². The van der Waals surface area contributed by atoms with E-state index in [-0.39, 0.29) is 49.0 Å². The van der Waals surface area contributed by atoms with Crippen molar-refractivity contribution in [1.82, 2.24) is 14.5 Å². The van der Waals surface area contributed by atoms with Gasteiger partial charge in [-0.25, -0.2) is 4.98 Å². The second kappa shape index (κ2) is 14.1. The van der Waals surface area contributed by atoms with E-state index in [1.54, 1.807) is 54.3 Å². The van der Waals surface area contributed by atoms with Crippen molar-refractivity contribution < 1.29 is 39.5 Å². The van der Waals surface area contributed by atoms with Crippen LogP contribution in [0.4, 0.5) is 22.7 Å². The third-order valence-corrected chi connectivity index (χ3v) is 8.96. The zero-order valence-corrected chi connectivity index (χ0v) is 30.3. The van der Waals surface area contributed by atoms with E-state index in [4.69, 9.17) is 23.4 Å². The molecule has 4 heterocycles. The Labute approximate surface area is 341 Å². The van der Waals surface area contributed by atoms with Gasteiger partial charge in [-0.05, 0) is 64.1 Å². The van der Waals surface area contributed by atoms with Crippen molar-refractivity contribution in [2.75, 3.05) is 9.80 Å². The quantitative estimate of drug-likeness (QED) is 0.149. The summed E-state index contributed by atoms with van der Waals surface area (Å²) in [6, 6.07) is 32.7. The number of para-hydroxylation sites is 4. The van der Waals surface area contributed by atoms with Gasteiger partial charge in [0.25, 0.3) is 0 Å². The van der Waals surface area contributed by atoms with Gasteiger partial charge < -0.3 is 24.1 Å². The molecule has 0 atom stereocenters. The van der Waals surface area contributed by atoms with Crippen LogP contribution in [0.25, 0.3) is 50.0 Å². The topological polar surface area (TPSA) is 46.4 Å². The molecule has 0 fully saturated rings. The molecule has 0 bridgehead atoms. The van der Waals surface area contributed by atoms with E-state index < -0.39 is 60.4 Å². The van der Waals surface area contributed by atoms with Crippen LogP contribution in [0.3, 0.4) is 0 Å². The molecule has 1 aliphatic rings. The third kappa shape index (κ3) is 5.82. The van der Waals surface area contributed by atoms with Gasteiger partial charge in [0.15, 0.2) is 0 Å². The fourth-order valence-corrected chi connectivity index (χ4v) is 6.73. The van der Waals surface area contributed by atoms with Crippen LogP contribution in [0.1, 0.15) is 13.7 Å². The van der Waals surface area contributed by atoms with Gasteiger partial charge in [0.1, 0.15) is 5.82 Å². The minimum atomic E-state index is -0.567. The predicted octanol–water partition coefficient (Wildman–Crippen LogP) is 11.7. The first kappa shape index (κ1) is 23.9. The molecule has 9 aromatic rings. The first-order valence-electron chi connectivity index (χ1n) is 21.7. The average Bonchev–Trinajstić information content (AvgIpc) is 3.85. The van der Waals surface area contributed by atoms with Gasteiger partial charge in [-0.2, -0.15) is 6.07 Å². The molecular weight excluding hydrogens is 846 g/mol. The van der Waals surface area contributed by atoms with E-state index in [1.807, 2.05) is 82.3 Å². The fraction of sp³-hybridized carbons (Fsp3) is 0. The van der Waals surface area contributed by atoms with E-state index >= 15 is 0 Å². The molecule has 7 heteroatoms. The Balaban J connectivity index is 0.00000518. The number of nitrogens with zero attached hydrogens (tertiary/aromatic N) is 5. The molecule has 6 nitrogen and oxygen atoms in total. The van der Waals surface area contributed by atoms with Gasteiger partial charge in [0, 0.05) is 72.5 Å². The van der Waals surface area contributed by atoms with E-state index in [0.29, 0.717) is 39.9 Å². The van der Waals surface area contributed by atoms with Gasteiger partial charge in [0.05, 0.1) is 13.7 Å². The Bertz CT molecular complexity index is 3210. The summed E-state index contributed by atoms with van der Waals surface area (Å²) >= 11 is 0. The zero-order valence-electron chi connectivity index (χ0n) is 38.0. The molecular formula is C47H30N5OPt-3. The summed E-state index contributed by atoms with van der Waals surface area (Å²) in [7, 11) is 0. The monoisotopic (exact) mass is 885 g/mol. The minimum absolute atomic E-state index is 0. The molecule has 0 spiro atoms. The van der Waals surface area contributed by atoms with Gasteiger partial charge in [-0.15, -0.1) is 36.6 Å². The van der Waals surface area contributed by atoms with Crippen molar-refractivity contribution in [2.45, 2.75) is 0 Å². The van der Waals surface area contributed by atoms with Crippen LogP contribution in [-0.4, -0.2) is 14.5 Å². The molecule has 0 amide bonds. The molecule has 0 N–H and O–H groups in total. The SMILES string of the molecule is [2H]c1c([2H])c([2H])c(-c2cccc(-c3c([2H])c([2H])c([2H])c([2H])c3[2H])c2N2[CH-]N(c3[c-]c(Oc4[c-]c5c(nc4)c4ccccc4n5-c4ccccn4)ccc3)c3ccccc32)c([2H])c1[2H].[Pt]. The Morgan fingerprint density at radius 1 is 0.611 bits per heavy atom. The van der Waals surface area contributed by atoms with E-state index in [2.05, 4.69) is 17.1 Å². The number of rotatable bonds is 7. The number of hydrogen-bond donors (Lipinski definition) is 0.